The van der Waals surface area contributed by atoms with E-state index < -0.39 is 7.92 Å². The van der Waals surface area contributed by atoms with E-state index in [1.165, 1.54) is 117 Å². The van der Waals surface area contributed by atoms with Gasteiger partial charge in [-0.1, -0.05) is 191 Å². The lowest BCUT2D eigenvalue weighted by Gasteiger charge is -2.43. The largest absolute Gasteiger partial charge is 0.300 e. The second kappa shape index (κ2) is 19.7. The molecule has 2 atom stereocenters. The van der Waals surface area contributed by atoms with Gasteiger partial charge < -0.3 is 0 Å². The highest BCUT2D eigenvalue weighted by Crippen LogP contribution is 2.69. The summed E-state index contributed by atoms with van der Waals surface area (Å²) in [6, 6.07) is 48.7. The van der Waals surface area contributed by atoms with Crippen molar-refractivity contribution in [2.24, 2.45) is 0 Å². The van der Waals surface area contributed by atoms with E-state index in [2.05, 4.69) is 224 Å². The van der Waals surface area contributed by atoms with Crippen LogP contribution in [0, 0.1) is 41.5 Å². The van der Waals surface area contributed by atoms with Crippen molar-refractivity contribution in [2.75, 3.05) is 0 Å². The van der Waals surface area contributed by atoms with Crippen molar-refractivity contribution in [1.29, 1.82) is 0 Å². The molecule has 1 nitrogen and oxygen atoms in total. The lowest BCUT2D eigenvalue weighted by Crippen LogP contribution is -2.28. The molecule has 7 aromatic rings. The van der Waals surface area contributed by atoms with Gasteiger partial charge in [0, 0.05) is 24.2 Å². The van der Waals surface area contributed by atoms with Crippen molar-refractivity contribution in [1.82, 2.24) is 0 Å². The van der Waals surface area contributed by atoms with Gasteiger partial charge in [0.15, 0.2) is 0 Å². The normalized spacial score (nSPS) is 16.5. The van der Waals surface area contributed by atoms with Crippen molar-refractivity contribution in [3.63, 3.8) is 0 Å². The van der Waals surface area contributed by atoms with Gasteiger partial charge >= 0.3 is 0 Å². The maximum absolute atomic E-state index is 14.7. The maximum Gasteiger partial charge on any atom is 0.134 e. The molecule has 8 rings (SSSR count). The fourth-order valence-electron chi connectivity index (χ4n) is 11.6. The van der Waals surface area contributed by atoms with Crippen molar-refractivity contribution in [3.8, 4) is 44.5 Å². The Morgan fingerprint density at radius 3 is 0.985 bits per heavy atom. The summed E-state index contributed by atoms with van der Waals surface area (Å²) in [5.74, 6) is 1.44. The lowest BCUT2D eigenvalue weighted by atomic mass is 9.79. The van der Waals surface area contributed by atoms with Crippen LogP contribution >= 0.6 is 7.92 Å². The predicted molar refractivity (Wildman–Crippen MR) is 292 cm³/mol. The van der Waals surface area contributed by atoms with Gasteiger partial charge in [-0.05, 0) is 182 Å². The van der Waals surface area contributed by atoms with Crippen molar-refractivity contribution in [2.45, 2.75) is 145 Å². The quantitative estimate of drug-likeness (QED) is 0.118. The van der Waals surface area contributed by atoms with E-state index in [1.54, 1.807) is 0 Å². The summed E-state index contributed by atoms with van der Waals surface area (Å²) in [6.45, 7) is 32.7. The number of carbonyl (C=O) groups excluding carboxylic acids is 1. The van der Waals surface area contributed by atoms with Crippen molar-refractivity contribution < 1.29 is 4.79 Å². The molecule has 0 radical (unpaired) electrons. The minimum Gasteiger partial charge on any atom is -0.300 e. The SMILES string of the molecule is Cc1ccccc1-c1cc(C(C)C)c(-c2cccc(-c3c(C(C)C)cc(-c4ccccc4C)cc3C(C)C)c2P2C(c3c(C)cccc3C)CC(=O)CC2c2c(C)cccc2C)c(C(C)C)c1. The average molecular weight is 901 g/mol. The van der Waals surface area contributed by atoms with E-state index in [0.717, 1.165) is 0 Å². The summed E-state index contributed by atoms with van der Waals surface area (Å²) in [4.78, 5) is 14.7. The maximum atomic E-state index is 14.7. The number of rotatable bonds is 11. The Morgan fingerprint density at radius 2 is 0.672 bits per heavy atom. The number of benzene rings is 7. The van der Waals surface area contributed by atoms with Gasteiger partial charge in [0.1, 0.15) is 5.78 Å². The zero-order valence-corrected chi connectivity index (χ0v) is 43.8. The molecule has 0 bridgehead atoms. The number of aryl methyl sites for hydroxylation is 6. The third-order valence-corrected chi connectivity index (χ3v) is 18.1. The molecule has 344 valence electrons. The number of Topliss-reactive ketones (excluding diaryl/α,β-unsaturated/α-hetero) is 1. The third kappa shape index (κ3) is 9.19. The topological polar surface area (TPSA) is 17.1 Å². The highest BCUT2D eigenvalue weighted by molar-refractivity contribution is 7.67. The Balaban J connectivity index is 1.60. The molecule has 2 unspecified atom stereocenters. The number of ketones is 1. The molecular formula is C65H73OP. The van der Waals surface area contributed by atoms with Gasteiger partial charge in [-0.2, -0.15) is 0 Å². The van der Waals surface area contributed by atoms with Crippen LogP contribution in [0.1, 0.15) is 170 Å². The Bertz CT molecular complexity index is 2680. The summed E-state index contributed by atoms with van der Waals surface area (Å²) in [6.07, 6.45) is 1.10. The number of hydrogen-bond donors (Lipinski definition) is 0. The number of hydrogen-bond acceptors (Lipinski definition) is 1. The van der Waals surface area contributed by atoms with E-state index in [1.807, 2.05) is 0 Å². The Kier molecular flexibility index (Phi) is 14.1. The predicted octanol–water partition coefficient (Wildman–Crippen LogP) is 18.7. The van der Waals surface area contributed by atoms with E-state index in [9.17, 15) is 4.79 Å². The second-order valence-electron chi connectivity index (χ2n) is 21.0. The minimum absolute atomic E-state index is 0.0360. The van der Waals surface area contributed by atoms with Gasteiger partial charge in [0.2, 0.25) is 0 Å². The van der Waals surface area contributed by atoms with Crippen LogP contribution in [0.2, 0.25) is 0 Å². The monoisotopic (exact) mass is 901 g/mol. The first-order valence-electron chi connectivity index (χ1n) is 25.0. The average Bonchev–Trinajstić information content (AvgIpc) is 3.28. The van der Waals surface area contributed by atoms with Crippen LogP contribution in [0.25, 0.3) is 44.5 Å². The summed E-state index contributed by atoms with van der Waals surface area (Å²) in [7, 11) is -1.09. The summed E-state index contributed by atoms with van der Waals surface area (Å²) in [5, 5.41) is 1.46. The highest BCUT2D eigenvalue weighted by Gasteiger charge is 2.44. The van der Waals surface area contributed by atoms with Crippen molar-refractivity contribution >= 4 is 19.0 Å². The second-order valence-corrected chi connectivity index (χ2v) is 23.5. The van der Waals surface area contributed by atoms with Gasteiger partial charge in [0.25, 0.3) is 0 Å². The molecular weight excluding hydrogens is 828 g/mol. The van der Waals surface area contributed by atoms with Gasteiger partial charge in [-0.3, -0.25) is 4.79 Å². The molecule has 1 saturated heterocycles. The third-order valence-electron chi connectivity index (χ3n) is 14.9. The molecule has 0 aliphatic carbocycles. The Labute approximate surface area is 405 Å². The van der Waals surface area contributed by atoms with Crippen LogP contribution < -0.4 is 5.30 Å². The molecule has 67 heavy (non-hydrogen) atoms. The summed E-state index contributed by atoms with van der Waals surface area (Å²) < 4.78 is 0. The van der Waals surface area contributed by atoms with Gasteiger partial charge in [-0.25, -0.2) is 0 Å². The van der Waals surface area contributed by atoms with Gasteiger partial charge in [0.05, 0.1) is 0 Å². The molecule has 0 spiro atoms. The van der Waals surface area contributed by atoms with Crippen LogP contribution in [0.5, 0.6) is 0 Å². The molecule has 2 heteroatoms. The fraction of sp³-hybridized carbons (Fsp3) is 0.338. The first kappa shape index (κ1) is 48.1. The molecule has 0 N–H and O–H groups in total. The standard InChI is InChI=1S/C65H73OP/c1-38(2)55-32-48(51-28-17-15-22-42(51)9)33-56(39(3)4)63(55)53-30-21-31-54(64-57(40(5)6)34-49(35-58(64)41(7)8)52-29-18-16-23-43(52)10)65(53)67-59(61-44(11)24-19-25-45(61)12)36-50(66)37-60(67)62-46(13)26-20-27-47(62)14/h15-35,38-41,59-60H,36-37H2,1-14H3. The van der Waals surface area contributed by atoms with E-state index >= 15 is 0 Å². The van der Waals surface area contributed by atoms with E-state index in [4.69, 9.17) is 0 Å². The van der Waals surface area contributed by atoms with E-state index in [0.29, 0.717) is 18.6 Å². The van der Waals surface area contributed by atoms with Crippen LogP contribution in [0.15, 0.2) is 127 Å². The molecule has 1 aliphatic rings. The first-order chi connectivity index (χ1) is 32.0. The number of carbonyl (C=O) groups is 1. The molecule has 0 aromatic heterocycles. The van der Waals surface area contributed by atoms with Crippen LogP contribution in [-0.4, -0.2) is 5.78 Å². The smallest absolute Gasteiger partial charge is 0.134 e. The lowest BCUT2D eigenvalue weighted by molar-refractivity contribution is -0.119. The first-order valence-corrected chi connectivity index (χ1v) is 26.5. The molecule has 7 aromatic carbocycles. The van der Waals surface area contributed by atoms with Crippen molar-refractivity contribution in [3.05, 3.63) is 194 Å². The molecule has 0 amide bonds. The molecule has 0 saturated carbocycles. The zero-order valence-electron chi connectivity index (χ0n) is 42.9. The summed E-state index contributed by atoms with van der Waals surface area (Å²) in [5.41, 5.74) is 26.7. The zero-order chi connectivity index (χ0) is 48.0. The Hall–Kier alpha value is -5.36. The highest BCUT2D eigenvalue weighted by atomic mass is 31.1. The van der Waals surface area contributed by atoms with Gasteiger partial charge in [-0.15, -0.1) is 0 Å². The Morgan fingerprint density at radius 1 is 0.388 bits per heavy atom. The van der Waals surface area contributed by atoms with E-state index in [-0.39, 0.29) is 35.0 Å². The molecule has 1 fully saturated rings. The fourth-order valence-corrected chi connectivity index (χ4v) is 15.7. The molecule has 1 aliphatic heterocycles. The van der Waals surface area contributed by atoms with Crippen LogP contribution in [0.4, 0.5) is 0 Å². The minimum atomic E-state index is -1.09. The summed E-state index contributed by atoms with van der Waals surface area (Å²) >= 11 is 0. The van der Waals surface area contributed by atoms with Crippen LogP contribution in [0.3, 0.4) is 0 Å². The van der Waals surface area contributed by atoms with Crippen LogP contribution in [-0.2, 0) is 4.79 Å². The molecule has 1 heterocycles.